The highest BCUT2D eigenvalue weighted by molar-refractivity contribution is 7.91. The summed E-state index contributed by atoms with van der Waals surface area (Å²) in [6.07, 6.45) is -0.428. The lowest BCUT2D eigenvalue weighted by Crippen LogP contribution is -2.42. The molecule has 1 aliphatic heterocycles. The lowest BCUT2D eigenvalue weighted by atomic mass is 10.1. The van der Waals surface area contributed by atoms with Crippen LogP contribution >= 0.6 is 11.6 Å². The van der Waals surface area contributed by atoms with Crippen LogP contribution in [0.25, 0.3) is 11.2 Å². The quantitative estimate of drug-likeness (QED) is 0.298. The van der Waals surface area contributed by atoms with Crippen LogP contribution in [0.1, 0.15) is 34.6 Å². The minimum Gasteiger partial charge on any atom is -0.475 e. The molecular formula is C23H21ClF3N9O5S. The van der Waals surface area contributed by atoms with Gasteiger partial charge in [0.2, 0.25) is 0 Å². The van der Waals surface area contributed by atoms with Crippen molar-refractivity contribution in [1.82, 2.24) is 29.3 Å². The van der Waals surface area contributed by atoms with Crippen LogP contribution in [0.5, 0.6) is 0 Å². The number of hydrogen-bond donors (Lipinski definition) is 3. The number of fused-ring (bicyclic) bond motifs is 2. The summed E-state index contributed by atoms with van der Waals surface area (Å²) >= 11 is 6.54. The largest absolute Gasteiger partial charge is 0.490 e. The molecule has 1 unspecified atom stereocenters. The van der Waals surface area contributed by atoms with E-state index in [2.05, 4.69) is 20.4 Å². The number of sulfone groups is 1. The van der Waals surface area contributed by atoms with Crippen LogP contribution in [0.2, 0.25) is 5.02 Å². The third-order valence-electron chi connectivity index (χ3n) is 6.22. The third kappa shape index (κ3) is 6.01. The molecule has 0 aromatic carbocycles. The van der Waals surface area contributed by atoms with E-state index >= 15 is 0 Å². The molecule has 222 valence electrons. The Balaban J connectivity index is 0.000000517. The van der Waals surface area contributed by atoms with Gasteiger partial charge in [-0.1, -0.05) is 11.6 Å². The number of anilines is 2. The van der Waals surface area contributed by atoms with Crippen LogP contribution in [0.4, 0.5) is 24.8 Å². The molecule has 1 fully saturated rings. The Bertz CT molecular complexity index is 1840. The number of aliphatic carboxylic acids is 1. The zero-order chi connectivity index (χ0) is 31.0. The van der Waals surface area contributed by atoms with Crippen LogP contribution in [0.15, 0.2) is 30.9 Å². The van der Waals surface area contributed by atoms with Gasteiger partial charge in [-0.2, -0.15) is 18.4 Å². The third-order valence-corrected chi connectivity index (χ3v) is 8.12. The fourth-order valence-corrected chi connectivity index (χ4v) is 5.77. The van der Waals surface area contributed by atoms with Gasteiger partial charge in [-0.25, -0.2) is 27.7 Å². The molecule has 1 amide bonds. The molecule has 1 saturated heterocycles. The van der Waals surface area contributed by atoms with E-state index in [1.54, 1.807) is 35.9 Å². The number of pyridine rings is 1. The number of aromatic nitrogens is 5. The van der Waals surface area contributed by atoms with Crippen molar-refractivity contribution in [2.75, 3.05) is 35.2 Å². The highest BCUT2D eigenvalue weighted by atomic mass is 35.5. The Morgan fingerprint density at radius 1 is 1.26 bits per heavy atom. The maximum absolute atomic E-state index is 13.2. The Kier molecular flexibility index (Phi) is 8.18. The van der Waals surface area contributed by atoms with Crippen molar-refractivity contribution < 1.29 is 36.3 Å². The summed E-state index contributed by atoms with van der Waals surface area (Å²) in [5.41, 5.74) is 7.64. The summed E-state index contributed by atoms with van der Waals surface area (Å²) in [5.74, 6) is -2.62. The molecule has 19 heteroatoms. The number of nitriles is 1. The first-order valence-electron chi connectivity index (χ1n) is 11.9. The number of carbonyl (C=O) groups excluding carboxylic acids is 1. The van der Waals surface area contributed by atoms with Crippen molar-refractivity contribution in [1.29, 1.82) is 5.26 Å². The molecule has 14 nitrogen and oxygen atoms in total. The number of nitrogens with two attached hydrogens (primary N) is 1. The minimum atomic E-state index is -5.08. The second-order valence-electron chi connectivity index (χ2n) is 8.98. The van der Waals surface area contributed by atoms with E-state index in [1.165, 1.54) is 10.8 Å². The molecule has 4 aromatic rings. The van der Waals surface area contributed by atoms with Crippen molar-refractivity contribution in [2.24, 2.45) is 0 Å². The monoisotopic (exact) mass is 627 g/mol. The van der Waals surface area contributed by atoms with Crippen LogP contribution in [-0.4, -0.2) is 80.2 Å². The van der Waals surface area contributed by atoms with Crippen molar-refractivity contribution in [2.45, 2.75) is 19.1 Å². The predicted octanol–water partition coefficient (Wildman–Crippen LogP) is 1.84. The highest BCUT2D eigenvalue weighted by Gasteiger charge is 2.38. The van der Waals surface area contributed by atoms with Gasteiger partial charge in [0, 0.05) is 31.0 Å². The number of carbonyl (C=O) groups is 2. The Labute approximate surface area is 240 Å². The zero-order valence-electron chi connectivity index (χ0n) is 21.5. The maximum Gasteiger partial charge on any atom is 0.490 e. The lowest BCUT2D eigenvalue weighted by Gasteiger charge is -2.32. The lowest BCUT2D eigenvalue weighted by molar-refractivity contribution is -0.192. The van der Waals surface area contributed by atoms with Gasteiger partial charge in [0.1, 0.15) is 29.3 Å². The Morgan fingerprint density at radius 2 is 1.90 bits per heavy atom. The summed E-state index contributed by atoms with van der Waals surface area (Å²) in [7, 11) is -3.14. The van der Waals surface area contributed by atoms with Gasteiger partial charge in [-0.15, -0.1) is 5.10 Å². The first kappa shape index (κ1) is 30.3. The molecule has 42 heavy (non-hydrogen) atoms. The number of imidazole rings is 1. The molecule has 0 spiro atoms. The fourth-order valence-electron chi connectivity index (χ4n) is 4.27. The van der Waals surface area contributed by atoms with Gasteiger partial charge in [0.05, 0.1) is 22.6 Å². The normalized spacial score (nSPS) is 15.5. The first-order chi connectivity index (χ1) is 19.6. The molecule has 5 heterocycles. The minimum absolute atomic E-state index is 0.0122. The van der Waals surface area contributed by atoms with Crippen molar-refractivity contribution >= 4 is 56.1 Å². The predicted molar refractivity (Wildman–Crippen MR) is 143 cm³/mol. The molecule has 1 aliphatic rings. The molecule has 4 aromatic heterocycles. The average Bonchev–Trinajstić information content (AvgIpc) is 3.49. The molecular weight excluding hydrogens is 607 g/mol. The number of halogens is 4. The van der Waals surface area contributed by atoms with Gasteiger partial charge < -0.3 is 21.1 Å². The first-order valence-corrected chi connectivity index (χ1v) is 14.1. The molecule has 0 aliphatic carbocycles. The van der Waals surface area contributed by atoms with Gasteiger partial charge >= 0.3 is 12.1 Å². The standard InChI is InChI=1S/C21H20ClN9O3S.C2HF3O2/c1-12(27-20(32)16-18(24)28-31-4-2-3-25-19(16)31)13-9-14(22)17-15(10-23)26-11-30(17)21(13)29-5-7-35(33,34)8-6-29;3-2(4,5)1(6)7/h2-4,9,11-12H,5-8H2,1H3,(H2,24,28)(H,27,32);(H,6,7). The van der Waals surface area contributed by atoms with Gasteiger partial charge in [-0.05, 0) is 19.1 Å². The SMILES string of the molecule is CC(NC(=O)c1c(N)nn2cccnc12)c1cc(Cl)c2c(C#N)ncn2c1N1CCS(=O)(=O)CC1.O=C(O)C(F)(F)F. The second-order valence-corrected chi connectivity index (χ2v) is 11.7. The van der Waals surface area contributed by atoms with E-state index in [9.17, 15) is 31.6 Å². The van der Waals surface area contributed by atoms with Crippen molar-refractivity contribution in [3.05, 3.63) is 52.7 Å². The highest BCUT2D eigenvalue weighted by Crippen LogP contribution is 2.35. The number of nitrogen functional groups attached to an aromatic ring is 1. The Morgan fingerprint density at radius 3 is 2.50 bits per heavy atom. The van der Waals surface area contributed by atoms with Crippen LogP contribution in [0, 0.1) is 11.3 Å². The summed E-state index contributed by atoms with van der Waals surface area (Å²) in [5, 5.41) is 23.9. The number of amides is 1. The van der Waals surface area contributed by atoms with Crippen LogP contribution in [0.3, 0.4) is 0 Å². The van der Waals surface area contributed by atoms with E-state index in [4.69, 9.17) is 27.2 Å². The number of carboxylic acids is 1. The molecule has 0 bridgehead atoms. The summed E-state index contributed by atoms with van der Waals surface area (Å²) in [4.78, 5) is 32.4. The van der Waals surface area contributed by atoms with Crippen molar-refractivity contribution in [3.8, 4) is 6.07 Å². The molecule has 0 saturated carbocycles. The number of rotatable bonds is 4. The van der Waals surface area contributed by atoms with Crippen LogP contribution < -0.4 is 16.0 Å². The average molecular weight is 628 g/mol. The van der Waals surface area contributed by atoms with Crippen LogP contribution in [-0.2, 0) is 14.6 Å². The maximum atomic E-state index is 13.2. The van der Waals surface area contributed by atoms with Gasteiger partial charge in [0.25, 0.3) is 5.91 Å². The summed E-state index contributed by atoms with van der Waals surface area (Å²) in [6, 6.07) is 4.79. The second kappa shape index (κ2) is 11.3. The number of nitrogens with zero attached hydrogens (tertiary/aromatic N) is 7. The smallest absolute Gasteiger partial charge is 0.475 e. The molecule has 0 radical (unpaired) electrons. The van der Waals surface area contributed by atoms with E-state index in [0.717, 1.165) is 0 Å². The van der Waals surface area contributed by atoms with E-state index < -0.39 is 33.9 Å². The molecule has 1 atom stereocenters. The number of alkyl halides is 3. The number of carboxylic acid groups (broad SMARTS) is 1. The molecule has 4 N–H and O–H groups in total. The van der Waals surface area contributed by atoms with E-state index in [1.807, 2.05) is 11.0 Å². The number of nitrogens with one attached hydrogen (secondary N) is 1. The zero-order valence-corrected chi connectivity index (χ0v) is 23.1. The summed E-state index contributed by atoms with van der Waals surface area (Å²) in [6.45, 7) is 2.27. The van der Waals surface area contributed by atoms with E-state index in [0.29, 0.717) is 22.5 Å². The van der Waals surface area contributed by atoms with Gasteiger partial charge in [-0.3, -0.25) is 9.20 Å². The van der Waals surface area contributed by atoms with E-state index in [-0.39, 0.29) is 46.7 Å². The number of hydrogen-bond acceptors (Lipinski definition) is 10. The van der Waals surface area contributed by atoms with Gasteiger partial charge in [0.15, 0.2) is 27.0 Å². The molecule has 5 rings (SSSR count). The van der Waals surface area contributed by atoms with Crippen molar-refractivity contribution in [3.63, 3.8) is 0 Å². The Hall–Kier alpha value is -4.63. The summed E-state index contributed by atoms with van der Waals surface area (Å²) < 4.78 is 58.9. The fraction of sp³-hybridized carbons (Fsp3) is 0.304. The topological polar surface area (TPSA) is 201 Å².